The van der Waals surface area contributed by atoms with Gasteiger partial charge in [-0.25, -0.2) is 4.68 Å². The van der Waals surface area contributed by atoms with E-state index in [1.807, 2.05) is 54.6 Å². The minimum Gasteiger partial charge on any atom is -0.322 e. The highest BCUT2D eigenvalue weighted by Gasteiger charge is 2.26. The quantitative estimate of drug-likeness (QED) is 0.409. The Bertz CT molecular complexity index is 1560. The second kappa shape index (κ2) is 9.31. The third-order valence-electron chi connectivity index (χ3n) is 6.60. The Labute approximate surface area is 208 Å². The van der Waals surface area contributed by atoms with Gasteiger partial charge in [-0.3, -0.25) is 14.7 Å². The molecule has 8 heteroatoms. The fourth-order valence-electron chi connectivity index (χ4n) is 4.89. The Morgan fingerprint density at radius 2 is 1.83 bits per heavy atom. The normalized spacial score (nSPS) is 13.5. The number of nitrogens with zero attached hydrogens (tertiary/aromatic N) is 6. The molecule has 8 nitrogen and oxygen atoms in total. The van der Waals surface area contributed by atoms with Crippen LogP contribution in [-0.2, 0) is 26.6 Å². The first-order valence-corrected chi connectivity index (χ1v) is 12.0. The molecule has 3 heterocycles. The maximum atomic E-state index is 13.8. The Morgan fingerprint density at radius 1 is 1.00 bits per heavy atom. The van der Waals surface area contributed by atoms with Crippen molar-refractivity contribution in [3.05, 3.63) is 101 Å². The largest absolute Gasteiger partial charge is 0.322 e. The molecular weight excluding hydrogens is 450 g/mol. The number of para-hydroxylation sites is 1. The molecule has 6 rings (SSSR count). The van der Waals surface area contributed by atoms with Gasteiger partial charge in [0.15, 0.2) is 5.82 Å². The van der Waals surface area contributed by atoms with Crippen LogP contribution < -0.4 is 5.32 Å². The summed E-state index contributed by atoms with van der Waals surface area (Å²) in [5, 5.41) is 15.7. The smallest absolute Gasteiger partial charge is 0.256 e. The van der Waals surface area contributed by atoms with E-state index in [-0.39, 0.29) is 5.91 Å². The summed E-state index contributed by atoms with van der Waals surface area (Å²) >= 11 is 0. The van der Waals surface area contributed by atoms with Gasteiger partial charge in [-0.1, -0.05) is 60.7 Å². The van der Waals surface area contributed by atoms with E-state index in [1.54, 1.807) is 11.7 Å². The molecule has 3 aromatic carbocycles. The van der Waals surface area contributed by atoms with E-state index in [9.17, 15) is 4.79 Å². The number of pyridine rings is 1. The van der Waals surface area contributed by atoms with E-state index in [2.05, 4.69) is 50.0 Å². The Morgan fingerprint density at radius 3 is 2.67 bits per heavy atom. The van der Waals surface area contributed by atoms with Gasteiger partial charge < -0.3 is 5.32 Å². The van der Waals surface area contributed by atoms with Gasteiger partial charge in [0.25, 0.3) is 5.91 Å². The number of amides is 1. The average Bonchev–Trinajstić information content (AvgIpc) is 3.34. The molecule has 0 spiro atoms. The molecule has 0 saturated carbocycles. The lowest BCUT2D eigenvalue weighted by molar-refractivity contribution is 0.102. The van der Waals surface area contributed by atoms with Gasteiger partial charge in [0, 0.05) is 61.0 Å². The van der Waals surface area contributed by atoms with Crippen molar-refractivity contribution in [3.8, 4) is 11.4 Å². The van der Waals surface area contributed by atoms with Crippen LogP contribution in [0.25, 0.3) is 22.3 Å². The lowest BCUT2D eigenvalue weighted by Crippen LogP contribution is -2.32. The van der Waals surface area contributed by atoms with E-state index in [4.69, 9.17) is 4.98 Å². The number of rotatable bonds is 5. The number of hydrogen-bond acceptors (Lipinski definition) is 6. The van der Waals surface area contributed by atoms with Gasteiger partial charge in [-0.2, -0.15) is 0 Å². The predicted molar refractivity (Wildman–Crippen MR) is 138 cm³/mol. The first kappa shape index (κ1) is 22.1. The van der Waals surface area contributed by atoms with E-state index in [0.717, 1.165) is 47.2 Å². The summed E-state index contributed by atoms with van der Waals surface area (Å²) in [6, 6.07) is 25.9. The fourth-order valence-corrected chi connectivity index (χ4v) is 4.89. The van der Waals surface area contributed by atoms with Crippen molar-refractivity contribution in [2.45, 2.75) is 19.5 Å². The van der Waals surface area contributed by atoms with Crippen molar-refractivity contribution in [2.24, 2.45) is 7.05 Å². The number of benzene rings is 3. The minimum absolute atomic E-state index is 0.139. The topological polar surface area (TPSA) is 88.8 Å². The molecule has 0 atom stereocenters. The minimum atomic E-state index is -0.139. The number of hydrogen-bond donors (Lipinski definition) is 1. The lowest BCUT2D eigenvalue weighted by Gasteiger charge is -2.30. The fraction of sp³-hybridized carbons (Fsp3) is 0.179. The summed E-state index contributed by atoms with van der Waals surface area (Å²) in [5.74, 6) is 0.494. The van der Waals surface area contributed by atoms with Crippen molar-refractivity contribution < 1.29 is 4.79 Å². The van der Waals surface area contributed by atoms with E-state index >= 15 is 0 Å². The zero-order valence-electron chi connectivity index (χ0n) is 19.9. The molecule has 0 unspecified atom stereocenters. The number of aromatic nitrogens is 5. The number of anilines is 1. The summed E-state index contributed by atoms with van der Waals surface area (Å²) in [4.78, 5) is 21.1. The van der Waals surface area contributed by atoms with Crippen LogP contribution in [0.3, 0.4) is 0 Å². The van der Waals surface area contributed by atoms with E-state index in [1.165, 1.54) is 5.56 Å². The van der Waals surface area contributed by atoms with Crippen molar-refractivity contribution >= 4 is 22.5 Å². The Hall–Kier alpha value is -4.43. The van der Waals surface area contributed by atoms with E-state index in [0.29, 0.717) is 23.6 Å². The number of nitrogens with one attached hydrogen (secondary N) is 1. The molecule has 36 heavy (non-hydrogen) atoms. The van der Waals surface area contributed by atoms with Gasteiger partial charge >= 0.3 is 0 Å². The monoisotopic (exact) mass is 475 g/mol. The molecule has 0 saturated heterocycles. The molecule has 0 aliphatic carbocycles. The zero-order chi connectivity index (χ0) is 24.5. The third kappa shape index (κ3) is 4.23. The molecule has 0 fully saturated rings. The van der Waals surface area contributed by atoms with Crippen molar-refractivity contribution in [2.75, 3.05) is 11.9 Å². The highest BCUT2D eigenvalue weighted by Crippen LogP contribution is 2.30. The number of tetrazole rings is 1. The first-order chi connectivity index (χ1) is 17.7. The van der Waals surface area contributed by atoms with Crippen LogP contribution >= 0.6 is 0 Å². The molecule has 0 radical (unpaired) electrons. The number of fused-ring (bicyclic) bond motifs is 2. The number of carbonyl (C=O) groups is 1. The van der Waals surface area contributed by atoms with Crippen LogP contribution in [0.15, 0.2) is 78.9 Å². The Balaban J connectivity index is 1.36. The van der Waals surface area contributed by atoms with Crippen LogP contribution in [0, 0.1) is 0 Å². The highest BCUT2D eigenvalue weighted by atomic mass is 16.1. The maximum Gasteiger partial charge on any atom is 0.256 e. The first-order valence-electron chi connectivity index (χ1n) is 12.0. The average molecular weight is 476 g/mol. The van der Waals surface area contributed by atoms with Crippen molar-refractivity contribution in [1.82, 2.24) is 30.1 Å². The summed E-state index contributed by atoms with van der Waals surface area (Å²) < 4.78 is 1.61. The van der Waals surface area contributed by atoms with Gasteiger partial charge in [-0.15, -0.1) is 5.10 Å². The van der Waals surface area contributed by atoms with Crippen LogP contribution in [-0.4, -0.2) is 42.5 Å². The molecule has 0 bridgehead atoms. The SMILES string of the molecule is Cn1nnnc1-c1cccc(NC(=O)c2c3c(nc4ccccc24)CCN(Cc2ccccc2)C3)c1. The van der Waals surface area contributed by atoms with Gasteiger partial charge in [0.2, 0.25) is 0 Å². The summed E-state index contributed by atoms with van der Waals surface area (Å²) in [6.07, 6.45) is 0.807. The summed E-state index contributed by atoms with van der Waals surface area (Å²) in [6.45, 7) is 2.42. The molecular formula is C28H25N7O. The third-order valence-corrected chi connectivity index (χ3v) is 6.60. The molecule has 2 aromatic heterocycles. The molecule has 1 aliphatic rings. The summed E-state index contributed by atoms with van der Waals surface area (Å²) in [7, 11) is 1.79. The van der Waals surface area contributed by atoms with Gasteiger partial charge in [-0.05, 0) is 34.2 Å². The number of aryl methyl sites for hydroxylation is 1. The van der Waals surface area contributed by atoms with Crippen LogP contribution in [0.2, 0.25) is 0 Å². The van der Waals surface area contributed by atoms with Crippen LogP contribution in [0.1, 0.15) is 27.2 Å². The predicted octanol–water partition coefficient (Wildman–Crippen LogP) is 4.24. The molecule has 1 amide bonds. The number of carbonyl (C=O) groups excluding carboxylic acids is 1. The molecule has 1 N–H and O–H groups in total. The second-order valence-electron chi connectivity index (χ2n) is 9.04. The van der Waals surface area contributed by atoms with Crippen LogP contribution in [0.4, 0.5) is 5.69 Å². The molecule has 178 valence electrons. The standard InChI is InChI=1S/C28H25N7O/c1-34-27(31-32-33-34)20-10-7-11-21(16-20)29-28(36)26-22-12-5-6-13-24(22)30-25-14-15-35(18-23(25)26)17-19-8-3-2-4-9-19/h2-13,16H,14-15,17-18H2,1H3,(H,29,36). The summed E-state index contributed by atoms with van der Waals surface area (Å²) in [5.41, 5.74) is 6.32. The lowest BCUT2D eigenvalue weighted by atomic mass is 9.94. The highest BCUT2D eigenvalue weighted by molar-refractivity contribution is 6.13. The maximum absolute atomic E-state index is 13.8. The second-order valence-corrected chi connectivity index (χ2v) is 9.04. The van der Waals surface area contributed by atoms with Crippen molar-refractivity contribution in [1.29, 1.82) is 0 Å². The van der Waals surface area contributed by atoms with Crippen molar-refractivity contribution in [3.63, 3.8) is 0 Å². The Kier molecular flexibility index (Phi) is 5.71. The van der Waals surface area contributed by atoms with Gasteiger partial charge in [0.1, 0.15) is 0 Å². The van der Waals surface area contributed by atoms with Crippen LogP contribution in [0.5, 0.6) is 0 Å². The van der Waals surface area contributed by atoms with E-state index < -0.39 is 0 Å². The molecule has 1 aliphatic heterocycles. The molecule has 5 aromatic rings. The van der Waals surface area contributed by atoms with Gasteiger partial charge in [0.05, 0.1) is 11.1 Å². The zero-order valence-corrected chi connectivity index (χ0v) is 19.9.